The van der Waals surface area contributed by atoms with Crippen LogP contribution in [0.1, 0.15) is 24.3 Å². The Labute approximate surface area is 273 Å². The molecule has 3 aromatic carbocycles. The summed E-state index contributed by atoms with van der Waals surface area (Å²) in [6.45, 7) is 2.43. The molecule has 5 rings (SSSR count). The molecule has 0 atom stereocenters. The number of fused-ring (bicyclic) bond motifs is 2. The van der Waals surface area contributed by atoms with Crippen molar-refractivity contribution in [3.05, 3.63) is 96.2 Å². The Balaban J connectivity index is 0.00000423. The number of ether oxygens (including phenoxy) is 1. The zero-order valence-electron chi connectivity index (χ0n) is 23.8. The minimum absolute atomic E-state index is 0. The van der Waals surface area contributed by atoms with E-state index >= 15 is 0 Å². The van der Waals surface area contributed by atoms with Crippen molar-refractivity contribution >= 4 is 43.1 Å². The van der Waals surface area contributed by atoms with E-state index in [2.05, 4.69) is 0 Å². The van der Waals surface area contributed by atoms with Crippen LogP contribution in [0.5, 0.6) is 5.75 Å². The zero-order valence-corrected chi connectivity index (χ0v) is 27.4. The third kappa shape index (κ3) is 8.57. The number of aryl methyl sites for hydroxylation is 2. The van der Waals surface area contributed by atoms with Gasteiger partial charge in [-0.15, -0.1) is 0 Å². The van der Waals surface area contributed by atoms with Gasteiger partial charge in [0.25, 0.3) is 5.52 Å². The monoisotopic (exact) mass is 632 g/mol. The van der Waals surface area contributed by atoms with Gasteiger partial charge in [0.05, 0.1) is 32.0 Å². The number of anilines is 1. The van der Waals surface area contributed by atoms with Crippen molar-refractivity contribution in [3.8, 4) is 16.9 Å². The quantitative estimate of drug-likeness (QED) is 0.136. The Morgan fingerprint density at radius 2 is 1.60 bits per heavy atom. The van der Waals surface area contributed by atoms with Crippen molar-refractivity contribution in [1.29, 1.82) is 0 Å². The van der Waals surface area contributed by atoms with Gasteiger partial charge in [0.15, 0.2) is 12.3 Å². The van der Waals surface area contributed by atoms with Gasteiger partial charge in [-0.05, 0) is 60.4 Å². The summed E-state index contributed by atoms with van der Waals surface area (Å²) in [5, 5.41) is 0. The van der Waals surface area contributed by atoms with E-state index in [9.17, 15) is 25.9 Å². The molecule has 1 aliphatic heterocycles. The van der Waals surface area contributed by atoms with Crippen LogP contribution < -0.4 is 43.8 Å². The van der Waals surface area contributed by atoms with E-state index < -0.39 is 31.7 Å². The molecule has 0 aliphatic carbocycles. The number of nitrogens with zero attached hydrogens (tertiary/aromatic N) is 2. The van der Waals surface area contributed by atoms with Crippen molar-refractivity contribution in [3.63, 3.8) is 0 Å². The topological polar surface area (TPSA) is 144 Å². The number of hydrogen-bond donors (Lipinski definition) is 0. The zero-order chi connectivity index (χ0) is 29.9. The van der Waals surface area contributed by atoms with Gasteiger partial charge >= 0.3 is 35.4 Å². The normalized spacial score (nSPS) is 14.3. The van der Waals surface area contributed by atoms with Crippen molar-refractivity contribution in [2.24, 2.45) is 0 Å². The number of allylic oxidation sites excluding steroid dienone is 2. The van der Waals surface area contributed by atoms with Crippen LogP contribution in [0.4, 0.5) is 5.69 Å². The number of benzene rings is 3. The fourth-order valence-electron chi connectivity index (χ4n) is 4.84. The Kier molecular flexibility index (Phi) is 10.5. The Morgan fingerprint density at radius 3 is 2.33 bits per heavy atom. The molecule has 0 spiro atoms. The molecular formula is C30H29N2NaO8S2. The van der Waals surface area contributed by atoms with Gasteiger partial charge in [0.2, 0.25) is 11.5 Å². The SMILES string of the molecule is Cc1ccc2c(c1)oc(C=CC=C1Oc3ccc(-c4ccccc4)cc3N1CCCS(=O)(=O)[O-])[n+]2CCCS(=O)(=O)[O-].[Na+]. The van der Waals surface area contributed by atoms with Gasteiger partial charge < -0.3 is 23.2 Å². The second-order valence-electron chi connectivity index (χ2n) is 9.96. The molecule has 0 fully saturated rings. The summed E-state index contributed by atoms with van der Waals surface area (Å²) in [7, 11) is -8.73. The van der Waals surface area contributed by atoms with E-state index in [-0.39, 0.29) is 55.5 Å². The smallest absolute Gasteiger partial charge is 0.748 e. The minimum atomic E-state index is -4.38. The third-order valence-corrected chi connectivity index (χ3v) is 8.33. The second-order valence-corrected chi connectivity index (χ2v) is 13.0. The van der Waals surface area contributed by atoms with E-state index in [0.29, 0.717) is 23.1 Å². The average molecular weight is 633 g/mol. The first-order chi connectivity index (χ1) is 20.0. The van der Waals surface area contributed by atoms with Crippen LogP contribution in [-0.2, 0) is 26.8 Å². The Hall–Kier alpha value is -2.97. The minimum Gasteiger partial charge on any atom is -0.748 e. The van der Waals surface area contributed by atoms with Crippen LogP contribution >= 0.6 is 0 Å². The van der Waals surface area contributed by atoms with Gasteiger partial charge in [-0.25, -0.2) is 16.8 Å². The van der Waals surface area contributed by atoms with Crippen LogP contribution in [0.3, 0.4) is 0 Å². The Bertz CT molecular complexity index is 1890. The molecule has 1 aliphatic rings. The van der Waals surface area contributed by atoms with E-state index in [1.807, 2.05) is 83.1 Å². The fourth-order valence-corrected chi connectivity index (χ4v) is 5.81. The molecule has 0 saturated heterocycles. The van der Waals surface area contributed by atoms with Crippen molar-refractivity contribution in [1.82, 2.24) is 0 Å². The molecule has 43 heavy (non-hydrogen) atoms. The van der Waals surface area contributed by atoms with E-state index in [4.69, 9.17) is 9.15 Å². The predicted octanol–water partition coefficient (Wildman–Crippen LogP) is 1.32. The molecule has 0 N–H and O–H groups in total. The maximum atomic E-state index is 11.3. The molecule has 220 valence electrons. The Morgan fingerprint density at radius 1 is 0.884 bits per heavy atom. The van der Waals surface area contributed by atoms with Crippen LogP contribution in [0, 0.1) is 6.92 Å². The number of oxazole rings is 1. The van der Waals surface area contributed by atoms with Gasteiger partial charge in [0, 0.05) is 30.5 Å². The molecule has 0 amide bonds. The molecule has 4 aromatic rings. The largest absolute Gasteiger partial charge is 1.00 e. The van der Waals surface area contributed by atoms with Gasteiger partial charge in [-0.3, -0.25) is 0 Å². The summed E-state index contributed by atoms with van der Waals surface area (Å²) in [5.74, 6) is 0.481. The summed E-state index contributed by atoms with van der Waals surface area (Å²) in [6, 6.07) is 21.2. The maximum Gasteiger partial charge on any atom is 1.00 e. The fraction of sp³-hybridized carbons (Fsp3) is 0.233. The summed E-state index contributed by atoms with van der Waals surface area (Å²) >= 11 is 0. The maximum absolute atomic E-state index is 11.3. The molecule has 2 heterocycles. The molecule has 13 heteroatoms. The van der Waals surface area contributed by atoms with Crippen molar-refractivity contribution < 1.29 is 69.2 Å². The molecule has 0 radical (unpaired) electrons. The van der Waals surface area contributed by atoms with Crippen molar-refractivity contribution in [2.45, 2.75) is 26.3 Å². The number of rotatable bonds is 11. The molecule has 0 saturated carbocycles. The summed E-state index contributed by atoms with van der Waals surface area (Å²) in [5.41, 5.74) is 5.07. The second kappa shape index (κ2) is 13.8. The summed E-state index contributed by atoms with van der Waals surface area (Å²) < 4.78 is 81.2. The summed E-state index contributed by atoms with van der Waals surface area (Å²) in [6.07, 6.45) is 5.35. The van der Waals surface area contributed by atoms with E-state index in [1.165, 1.54) is 0 Å². The van der Waals surface area contributed by atoms with E-state index in [1.54, 1.807) is 18.2 Å². The summed E-state index contributed by atoms with van der Waals surface area (Å²) in [4.78, 5) is 1.83. The van der Waals surface area contributed by atoms with Crippen LogP contribution in [-0.4, -0.2) is 44.0 Å². The molecule has 1 aromatic heterocycles. The third-order valence-electron chi connectivity index (χ3n) is 6.75. The predicted molar refractivity (Wildman–Crippen MR) is 156 cm³/mol. The van der Waals surface area contributed by atoms with Crippen LogP contribution in [0.2, 0.25) is 0 Å². The first-order valence-corrected chi connectivity index (χ1v) is 16.5. The average Bonchev–Trinajstić information content (AvgIpc) is 3.44. The van der Waals surface area contributed by atoms with Crippen LogP contribution in [0.25, 0.3) is 28.3 Å². The van der Waals surface area contributed by atoms with Crippen LogP contribution in [0.15, 0.2) is 89.2 Å². The van der Waals surface area contributed by atoms with E-state index in [0.717, 1.165) is 27.9 Å². The number of aromatic nitrogens is 1. The molecule has 0 bridgehead atoms. The first-order valence-electron chi connectivity index (χ1n) is 13.3. The van der Waals surface area contributed by atoms with Crippen molar-refractivity contribution in [2.75, 3.05) is 23.0 Å². The molecular weight excluding hydrogens is 603 g/mol. The molecule has 10 nitrogen and oxygen atoms in total. The van der Waals surface area contributed by atoms with Gasteiger partial charge in [0.1, 0.15) is 0 Å². The van der Waals surface area contributed by atoms with Gasteiger partial charge in [-0.2, -0.15) is 4.57 Å². The standard InChI is InChI=1S/C30H30N2O8S2.Na/c1-22-12-14-25-28(20-22)40-29(31(25)16-6-18-41(33,34)35)10-5-11-30-32(17-7-19-42(36,37)38)26-21-24(13-15-27(26)39-30)23-8-3-2-4-9-23;/h2-5,8-15,20-21H,6-7,16-19H2,1H3,(H-,33,34,35,36,37,38);/q;+1/p-1. The molecule has 0 unspecified atom stereocenters. The number of hydrogen-bond acceptors (Lipinski definition) is 9. The first kappa shape index (κ1) is 32.9. The van der Waals surface area contributed by atoms with Gasteiger partial charge in [-0.1, -0.05) is 42.5 Å².